The van der Waals surface area contributed by atoms with E-state index in [4.69, 9.17) is 4.74 Å². The zero-order valence-corrected chi connectivity index (χ0v) is 13.7. The first-order valence-electron chi connectivity index (χ1n) is 7.04. The van der Waals surface area contributed by atoms with E-state index in [1.54, 1.807) is 0 Å². The van der Waals surface area contributed by atoms with Gasteiger partial charge in [0.25, 0.3) is 0 Å². The Kier molecular flexibility index (Phi) is 5.68. The van der Waals surface area contributed by atoms with Crippen molar-refractivity contribution in [1.82, 2.24) is 0 Å². The van der Waals surface area contributed by atoms with Gasteiger partial charge in [-0.25, -0.2) is 22.8 Å². The number of hydrogen-bond donors (Lipinski definition) is 0. The summed E-state index contributed by atoms with van der Waals surface area (Å²) < 4.78 is 94.1. The predicted molar refractivity (Wildman–Crippen MR) is 75.7 cm³/mol. The van der Waals surface area contributed by atoms with Crippen LogP contribution in [-0.4, -0.2) is 39.5 Å². The van der Waals surface area contributed by atoms with E-state index in [-0.39, 0.29) is 6.07 Å². The number of nitrogens with zero attached hydrogens (tertiary/aromatic N) is 1. The molecular formula is C15H11F6NO5. The van der Waals surface area contributed by atoms with E-state index in [1.807, 2.05) is 0 Å². The fourth-order valence-corrected chi connectivity index (χ4v) is 2.33. The van der Waals surface area contributed by atoms with Gasteiger partial charge in [-0.1, -0.05) is 0 Å². The van der Waals surface area contributed by atoms with E-state index in [0.717, 1.165) is 14.2 Å². The lowest BCUT2D eigenvalue weighted by Crippen LogP contribution is -2.39. The first-order valence-corrected chi connectivity index (χ1v) is 7.04. The Bertz CT molecular complexity index is 820. The Balaban J connectivity index is 2.77. The third-order valence-electron chi connectivity index (χ3n) is 3.56. The summed E-state index contributed by atoms with van der Waals surface area (Å²) in [4.78, 5) is 24.3. The minimum absolute atomic E-state index is 0.0414. The number of methoxy groups -OCH3 is 2. The van der Waals surface area contributed by atoms with Gasteiger partial charge in [0.05, 0.1) is 37.7 Å². The van der Waals surface area contributed by atoms with Crippen molar-refractivity contribution in [2.45, 2.75) is 6.18 Å². The van der Waals surface area contributed by atoms with Crippen LogP contribution in [0.4, 0.5) is 32.0 Å². The minimum Gasteiger partial charge on any atom is -0.466 e. The lowest BCUT2D eigenvalue weighted by atomic mass is 10.1. The largest absolute Gasteiger partial charge is 0.466 e. The van der Waals surface area contributed by atoms with Crippen molar-refractivity contribution < 1.29 is 50.1 Å². The van der Waals surface area contributed by atoms with Crippen molar-refractivity contribution >= 4 is 17.6 Å². The molecule has 0 radical (unpaired) electrons. The maximum atomic E-state index is 14.2. The Morgan fingerprint density at radius 2 is 1.63 bits per heavy atom. The number of esters is 2. The van der Waals surface area contributed by atoms with Crippen LogP contribution in [0.3, 0.4) is 0 Å². The van der Waals surface area contributed by atoms with Gasteiger partial charge in [-0.15, -0.1) is 0 Å². The van der Waals surface area contributed by atoms with Crippen LogP contribution in [0.2, 0.25) is 0 Å². The van der Waals surface area contributed by atoms with Crippen molar-refractivity contribution in [2.75, 3.05) is 32.5 Å². The van der Waals surface area contributed by atoms with Crippen LogP contribution in [-0.2, 0) is 30.0 Å². The number of alkyl halides is 3. The molecule has 0 saturated carbocycles. The summed E-state index contributed by atoms with van der Waals surface area (Å²) in [5, 5.41) is 0. The quantitative estimate of drug-likeness (QED) is 0.442. The summed E-state index contributed by atoms with van der Waals surface area (Å²) in [6.07, 6.45) is -5.36. The molecule has 0 N–H and O–H groups in total. The summed E-state index contributed by atoms with van der Waals surface area (Å²) in [6.45, 7) is -1.25. The van der Waals surface area contributed by atoms with E-state index < -0.39 is 71.4 Å². The van der Waals surface area contributed by atoms with Gasteiger partial charge in [0.15, 0.2) is 17.5 Å². The van der Waals surface area contributed by atoms with E-state index in [2.05, 4.69) is 9.47 Å². The van der Waals surface area contributed by atoms with Gasteiger partial charge in [-0.2, -0.15) is 13.2 Å². The number of carbonyl (C=O) groups is 2. The number of hydrogen-bond acceptors (Lipinski definition) is 6. The molecule has 1 heterocycles. The van der Waals surface area contributed by atoms with Crippen molar-refractivity contribution in [3.8, 4) is 0 Å². The molecule has 2 rings (SSSR count). The van der Waals surface area contributed by atoms with Gasteiger partial charge in [0.1, 0.15) is 12.4 Å². The molecule has 1 aromatic rings. The van der Waals surface area contributed by atoms with Gasteiger partial charge in [0.2, 0.25) is 0 Å². The molecule has 0 amide bonds. The number of ether oxygens (including phenoxy) is 3. The minimum atomic E-state index is -5.36. The molecule has 0 aromatic heterocycles. The second-order valence-electron chi connectivity index (χ2n) is 5.10. The third-order valence-corrected chi connectivity index (χ3v) is 3.56. The average Bonchev–Trinajstić information content (AvgIpc) is 2.63. The molecule has 12 heteroatoms. The second-order valence-corrected chi connectivity index (χ2v) is 5.10. The molecule has 0 unspecified atom stereocenters. The molecule has 1 aliphatic heterocycles. The number of halogens is 6. The van der Waals surface area contributed by atoms with Gasteiger partial charge < -0.3 is 19.1 Å². The molecule has 1 aromatic carbocycles. The number of carbonyl (C=O) groups excluding carboxylic acids is 2. The van der Waals surface area contributed by atoms with Gasteiger partial charge in [-0.05, 0) is 6.07 Å². The van der Waals surface area contributed by atoms with E-state index in [9.17, 15) is 35.9 Å². The van der Waals surface area contributed by atoms with Crippen molar-refractivity contribution in [2.24, 2.45) is 0 Å². The first kappa shape index (κ1) is 20.6. The highest BCUT2D eigenvalue weighted by atomic mass is 19.4. The van der Waals surface area contributed by atoms with Crippen molar-refractivity contribution in [3.05, 3.63) is 40.4 Å². The molecular weight excluding hydrogens is 388 g/mol. The highest BCUT2D eigenvalue weighted by Crippen LogP contribution is 2.38. The highest BCUT2D eigenvalue weighted by Gasteiger charge is 2.40. The second kappa shape index (κ2) is 7.47. The highest BCUT2D eigenvalue weighted by molar-refractivity contribution is 6.03. The molecule has 0 aliphatic carbocycles. The lowest BCUT2D eigenvalue weighted by molar-refractivity contribution is -0.141. The van der Waals surface area contributed by atoms with E-state index >= 15 is 0 Å². The number of benzene rings is 1. The van der Waals surface area contributed by atoms with Crippen molar-refractivity contribution in [1.29, 1.82) is 0 Å². The van der Waals surface area contributed by atoms with Gasteiger partial charge in [0, 0.05) is 0 Å². The topological polar surface area (TPSA) is 65.1 Å². The standard InChI is InChI=1S/C15H11F6NO5/c1-25-13(23)6-4-27-5-22(12(6)14(24)26-2)8-3-7(15(19,20)21)9(16)11(18)10(8)17/h3H,4-5H2,1-2H3. The maximum absolute atomic E-state index is 14.2. The first-order chi connectivity index (χ1) is 12.5. The fraction of sp³-hybridized carbons (Fsp3) is 0.333. The van der Waals surface area contributed by atoms with Crippen LogP contribution >= 0.6 is 0 Å². The van der Waals surface area contributed by atoms with Crippen LogP contribution in [0.1, 0.15) is 5.56 Å². The van der Waals surface area contributed by atoms with Crippen LogP contribution in [0.5, 0.6) is 0 Å². The zero-order valence-electron chi connectivity index (χ0n) is 13.7. The van der Waals surface area contributed by atoms with Crippen LogP contribution in [0.15, 0.2) is 17.3 Å². The smallest absolute Gasteiger partial charge is 0.419 e. The Morgan fingerprint density at radius 1 is 1.04 bits per heavy atom. The average molecular weight is 399 g/mol. The molecule has 0 bridgehead atoms. The number of rotatable bonds is 3. The number of anilines is 1. The summed E-state index contributed by atoms with van der Waals surface area (Å²) >= 11 is 0. The molecule has 0 fully saturated rings. The lowest BCUT2D eigenvalue weighted by Gasteiger charge is -2.32. The maximum Gasteiger partial charge on any atom is 0.419 e. The molecule has 0 saturated heterocycles. The summed E-state index contributed by atoms with van der Waals surface area (Å²) in [7, 11) is 1.84. The van der Waals surface area contributed by atoms with Crippen molar-refractivity contribution in [3.63, 3.8) is 0 Å². The van der Waals surface area contributed by atoms with E-state index in [1.165, 1.54) is 0 Å². The molecule has 0 atom stereocenters. The molecule has 6 nitrogen and oxygen atoms in total. The molecule has 27 heavy (non-hydrogen) atoms. The molecule has 1 aliphatic rings. The normalized spacial score (nSPS) is 15.0. The Hall–Kier alpha value is -2.76. The van der Waals surface area contributed by atoms with Gasteiger partial charge in [-0.3, -0.25) is 0 Å². The Morgan fingerprint density at radius 3 is 2.15 bits per heavy atom. The summed E-state index contributed by atoms with van der Waals surface area (Å²) in [5.41, 5.74) is -4.52. The van der Waals surface area contributed by atoms with Crippen LogP contribution in [0.25, 0.3) is 0 Å². The Labute approximate surface area is 147 Å². The summed E-state index contributed by atoms with van der Waals surface area (Å²) in [5.74, 6) is -9.24. The van der Waals surface area contributed by atoms with Gasteiger partial charge >= 0.3 is 18.1 Å². The van der Waals surface area contributed by atoms with E-state index in [0.29, 0.717) is 4.90 Å². The fourth-order valence-electron chi connectivity index (χ4n) is 2.33. The SMILES string of the molecule is COC(=O)C1=C(C(=O)OC)N(c2cc(C(F)(F)F)c(F)c(F)c2F)COC1. The van der Waals surface area contributed by atoms with Crippen LogP contribution < -0.4 is 4.90 Å². The molecule has 148 valence electrons. The third kappa shape index (κ3) is 3.70. The van der Waals surface area contributed by atoms with Crippen LogP contribution in [0, 0.1) is 17.5 Å². The zero-order chi connectivity index (χ0) is 20.5. The monoisotopic (exact) mass is 399 g/mol. The molecule has 0 spiro atoms. The summed E-state index contributed by atoms with van der Waals surface area (Å²) in [6, 6.07) is -0.0414. The predicted octanol–water partition coefficient (Wildman–Crippen LogP) is 2.52.